The van der Waals surface area contributed by atoms with E-state index in [4.69, 9.17) is 5.26 Å². The first-order valence-corrected chi connectivity index (χ1v) is 4.46. The van der Waals surface area contributed by atoms with Crippen LogP contribution in [0.25, 0.3) is 0 Å². The molecule has 1 rings (SSSR count). The van der Waals surface area contributed by atoms with Gasteiger partial charge >= 0.3 is 0 Å². The van der Waals surface area contributed by atoms with E-state index in [9.17, 15) is 0 Å². The van der Waals surface area contributed by atoms with Crippen LogP contribution in [0.4, 0.5) is 0 Å². The van der Waals surface area contributed by atoms with Crippen LogP contribution in [0.2, 0.25) is 0 Å². The summed E-state index contributed by atoms with van der Waals surface area (Å²) < 4.78 is 0. The van der Waals surface area contributed by atoms with Crippen LogP contribution in [0.3, 0.4) is 0 Å². The standard InChI is InChI=1S/C9H16N2/c1-2-9-4-7-11(8-9)6-3-5-10/h9H,2-4,6-8H2,1H3/t9-/m1/s1. The average molecular weight is 152 g/mol. The van der Waals surface area contributed by atoms with Gasteiger partial charge in [-0.2, -0.15) is 5.26 Å². The second-order valence-corrected chi connectivity index (χ2v) is 3.27. The molecular formula is C9H16N2. The minimum Gasteiger partial charge on any atom is -0.302 e. The van der Waals surface area contributed by atoms with E-state index < -0.39 is 0 Å². The van der Waals surface area contributed by atoms with Crippen molar-refractivity contribution in [2.75, 3.05) is 19.6 Å². The van der Waals surface area contributed by atoms with Crippen LogP contribution in [0.1, 0.15) is 26.2 Å². The van der Waals surface area contributed by atoms with Gasteiger partial charge in [0.2, 0.25) is 0 Å². The summed E-state index contributed by atoms with van der Waals surface area (Å²) in [6.07, 6.45) is 3.32. The molecule has 0 spiro atoms. The molecule has 2 heteroatoms. The summed E-state index contributed by atoms with van der Waals surface area (Å²) in [5.74, 6) is 0.897. The number of likely N-dealkylation sites (tertiary alicyclic amines) is 1. The first kappa shape index (κ1) is 8.55. The third kappa shape index (κ3) is 2.51. The van der Waals surface area contributed by atoms with Crippen molar-refractivity contribution in [3.63, 3.8) is 0 Å². The van der Waals surface area contributed by atoms with Crippen molar-refractivity contribution in [2.45, 2.75) is 26.2 Å². The second-order valence-electron chi connectivity index (χ2n) is 3.27. The van der Waals surface area contributed by atoms with Gasteiger partial charge in [-0.15, -0.1) is 0 Å². The smallest absolute Gasteiger partial charge is 0.0635 e. The van der Waals surface area contributed by atoms with Crippen molar-refractivity contribution in [3.8, 4) is 6.07 Å². The fourth-order valence-corrected chi connectivity index (χ4v) is 1.66. The van der Waals surface area contributed by atoms with E-state index in [1.54, 1.807) is 0 Å². The van der Waals surface area contributed by atoms with E-state index >= 15 is 0 Å². The topological polar surface area (TPSA) is 27.0 Å². The van der Waals surface area contributed by atoms with Gasteiger partial charge in [-0.1, -0.05) is 13.3 Å². The number of hydrogen-bond acceptors (Lipinski definition) is 2. The molecule has 0 radical (unpaired) electrons. The molecule has 0 amide bonds. The van der Waals surface area contributed by atoms with Crippen LogP contribution in [0.5, 0.6) is 0 Å². The maximum Gasteiger partial charge on any atom is 0.0635 e. The molecule has 0 aromatic carbocycles. The molecule has 1 heterocycles. The van der Waals surface area contributed by atoms with Gasteiger partial charge in [0.1, 0.15) is 0 Å². The predicted octanol–water partition coefficient (Wildman–Crippen LogP) is 1.63. The van der Waals surface area contributed by atoms with Crippen LogP contribution >= 0.6 is 0 Å². The average Bonchev–Trinajstić information content (AvgIpc) is 2.48. The quantitative estimate of drug-likeness (QED) is 0.614. The molecule has 62 valence electrons. The zero-order valence-corrected chi connectivity index (χ0v) is 7.21. The maximum absolute atomic E-state index is 8.37. The molecule has 0 saturated carbocycles. The van der Waals surface area contributed by atoms with Gasteiger partial charge in [-0.05, 0) is 18.9 Å². The first-order chi connectivity index (χ1) is 5.36. The van der Waals surface area contributed by atoms with E-state index in [2.05, 4.69) is 17.9 Å². The largest absolute Gasteiger partial charge is 0.302 e. The summed E-state index contributed by atoms with van der Waals surface area (Å²) in [7, 11) is 0. The first-order valence-electron chi connectivity index (χ1n) is 4.46. The lowest BCUT2D eigenvalue weighted by Crippen LogP contribution is -2.21. The SMILES string of the molecule is CC[C@@H]1CCN(CCC#N)C1. The Morgan fingerprint density at radius 1 is 1.64 bits per heavy atom. The maximum atomic E-state index is 8.37. The van der Waals surface area contributed by atoms with Gasteiger partial charge in [-0.3, -0.25) is 0 Å². The zero-order valence-electron chi connectivity index (χ0n) is 7.21. The van der Waals surface area contributed by atoms with Crippen molar-refractivity contribution >= 4 is 0 Å². The van der Waals surface area contributed by atoms with Crippen LogP contribution < -0.4 is 0 Å². The van der Waals surface area contributed by atoms with Crippen molar-refractivity contribution in [1.82, 2.24) is 4.90 Å². The molecule has 1 aliphatic rings. The summed E-state index contributed by atoms with van der Waals surface area (Å²) in [6.45, 7) is 5.66. The van der Waals surface area contributed by atoms with Gasteiger partial charge in [0.15, 0.2) is 0 Å². The number of nitriles is 1. The lowest BCUT2D eigenvalue weighted by Gasteiger charge is -2.12. The summed E-state index contributed by atoms with van der Waals surface area (Å²) in [4.78, 5) is 2.40. The molecule has 0 aromatic rings. The van der Waals surface area contributed by atoms with E-state index in [1.165, 1.54) is 25.9 Å². The number of hydrogen-bond donors (Lipinski definition) is 0. The Morgan fingerprint density at radius 2 is 2.45 bits per heavy atom. The summed E-state index contributed by atoms with van der Waals surface area (Å²) in [6, 6.07) is 2.19. The molecule has 0 N–H and O–H groups in total. The fraction of sp³-hybridized carbons (Fsp3) is 0.889. The highest BCUT2D eigenvalue weighted by Gasteiger charge is 2.19. The van der Waals surface area contributed by atoms with Crippen LogP contribution in [0, 0.1) is 17.2 Å². The van der Waals surface area contributed by atoms with Crippen LogP contribution in [-0.4, -0.2) is 24.5 Å². The van der Waals surface area contributed by atoms with E-state index in [0.29, 0.717) is 6.42 Å². The number of nitrogens with zero attached hydrogens (tertiary/aromatic N) is 2. The molecule has 0 unspecified atom stereocenters. The van der Waals surface area contributed by atoms with Crippen molar-refractivity contribution < 1.29 is 0 Å². The zero-order chi connectivity index (χ0) is 8.10. The molecular weight excluding hydrogens is 136 g/mol. The molecule has 1 aliphatic heterocycles. The minimum absolute atomic E-state index is 0.691. The molecule has 0 aliphatic carbocycles. The van der Waals surface area contributed by atoms with E-state index in [0.717, 1.165) is 12.5 Å². The summed E-state index contributed by atoms with van der Waals surface area (Å²) >= 11 is 0. The highest BCUT2D eigenvalue weighted by atomic mass is 15.1. The third-order valence-corrected chi connectivity index (χ3v) is 2.49. The Kier molecular flexibility index (Phi) is 3.38. The Morgan fingerprint density at radius 3 is 3.00 bits per heavy atom. The molecule has 0 aromatic heterocycles. The Labute approximate surface area is 68.8 Å². The Balaban J connectivity index is 2.15. The lowest BCUT2D eigenvalue weighted by atomic mass is 10.1. The number of rotatable bonds is 3. The highest BCUT2D eigenvalue weighted by Crippen LogP contribution is 2.18. The summed E-state index contributed by atoms with van der Waals surface area (Å²) in [5, 5.41) is 8.37. The van der Waals surface area contributed by atoms with Crippen molar-refractivity contribution in [1.29, 1.82) is 5.26 Å². The van der Waals surface area contributed by atoms with Crippen LogP contribution in [-0.2, 0) is 0 Å². The molecule has 0 bridgehead atoms. The molecule has 1 fully saturated rings. The fourth-order valence-electron chi connectivity index (χ4n) is 1.66. The van der Waals surface area contributed by atoms with Crippen molar-refractivity contribution in [2.24, 2.45) is 5.92 Å². The van der Waals surface area contributed by atoms with Gasteiger partial charge in [-0.25, -0.2) is 0 Å². The van der Waals surface area contributed by atoms with Crippen molar-refractivity contribution in [3.05, 3.63) is 0 Å². The Bertz CT molecular complexity index is 148. The Hall–Kier alpha value is -0.550. The second kappa shape index (κ2) is 4.35. The molecule has 1 saturated heterocycles. The van der Waals surface area contributed by atoms with Gasteiger partial charge in [0, 0.05) is 19.5 Å². The summed E-state index contributed by atoms with van der Waals surface area (Å²) in [5.41, 5.74) is 0. The normalized spacial score (nSPS) is 25.3. The van der Waals surface area contributed by atoms with Gasteiger partial charge in [0.05, 0.1) is 6.07 Å². The van der Waals surface area contributed by atoms with Gasteiger partial charge in [0.25, 0.3) is 0 Å². The van der Waals surface area contributed by atoms with Gasteiger partial charge < -0.3 is 4.90 Å². The minimum atomic E-state index is 0.691. The third-order valence-electron chi connectivity index (χ3n) is 2.49. The van der Waals surface area contributed by atoms with E-state index in [1.807, 2.05) is 0 Å². The lowest BCUT2D eigenvalue weighted by molar-refractivity contribution is 0.330. The molecule has 2 nitrogen and oxygen atoms in total. The molecule has 11 heavy (non-hydrogen) atoms. The molecule has 1 atom stereocenters. The van der Waals surface area contributed by atoms with E-state index in [-0.39, 0.29) is 0 Å². The predicted molar refractivity (Wildman–Crippen MR) is 45.1 cm³/mol. The highest BCUT2D eigenvalue weighted by molar-refractivity contribution is 4.78. The van der Waals surface area contributed by atoms with Crippen LogP contribution in [0.15, 0.2) is 0 Å². The monoisotopic (exact) mass is 152 g/mol.